The average molecular weight is 290 g/mol. The van der Waals surface area contributed by atoms with E-state index >= 15 is 0 Å². The number of rotatable bonds is 9. The van der Waals surface area contributed by atoms with E-state index < -0.39 is 0 Å². The average Bonchev–Trinajstić information content (AvgIpc) is 2.45. The Hall–Kier alpha value is -1.64. The van der Waals surface area contributed by atoms with Gasteiger partial charge in [0.2, 0.25) is 0 Å². The number of benzene rings is 1. The van der Waals surface area contributed by atoms with Crippen molar-refractivity contribution in [1.29, 1.82) is 0 Å². The highest BCUT2D eigenvalue weighted by Crippen LogP contribution is 2.15. The molecule has 0 heterocycles. The van der Waals surface area contributed by atoms with Gasteiger partial charge in [-0.05, 0) is 45.2 Å². The van der Waals surface area contributed by atoms with Crippen LogP contribution in [0, 0.1) is 13.8 Å². The maximum absolute atomic E-state index is 12.2. The van der Waals surface area contributed by atoms with Gasteiger partial charge in [-0.2, -0.15) is 0 Å². The maximum Gasteiger partial charge on any atom is 0.305 e. The number of ether oxygens (including phenoxy) is 1. The van der Waals surface area contributed by atoms with E-state index in [1.807, 2.05) is 39.0 Å². The highest BCUT2D eigenvalue weighted by molar-refractivity contribution is 5.97. The Morgan fingerprint density at radius 2 is 1.67 bits per heavy atom. The van der Waals surface area contributed by atoms with Gasteiger partial charge in [-0.15, -0.1) is 0 Å². The summed E-state index contributed by atoms with van der Waals surface area (Å²) < 4.78 is 4.88. The van der Waals surface area contributed by atoms with E-state index in [1.165, 1.54) is 0 Å². The Balaban J connectivity index is 2.22. The van der Waals surface area contributed by atoms with Crippen LogP contribution in [0.3, 0.4) is 0 Å². The first kappa shape index (κ1) is 17.4. The zero-order valence-corrected chi connectivity index (χ0v) is 13.4. The van der Waals surface area contributed by atoms with Gasteiger partial charge in [0.1, 0.15) is 0 Å². The van der Waals surface area contributed by atoms with Crippen LogP contribution in [0.5, 0.6) is 0 Å². The fraction of sp³-hybridized carbons (Fsp3) is 0.556. The molecule has 0 unspecified atom stereocenters. The number of unbranched alkanes of at least 4 members (excludes halogenated alkanes) is 3. The molecule has 0 aliphatic heterocycles. The van der Waals surface area contributed by atoms with Gasteiger partial charge >= 0.3 is 5.97 Å². The minimum absolute atomic E-state index is 0.121. The van der Waals surface area contributed by atoms with Crippen molar-refractivity contribution in [3.63, 3.8) is 0 Å². The van der Waals surface area contributed by atoms with Gasteiger partial charge in [-0.25, -0.2) is 0 Å². The van der Waals surface area contributed by atoms with E-state index in [1.54, 1.807) is 0 Å². The molecule has 0 bridgehead atoms. The highest BCUT2D eigenvalue weighted by Gasteiger charge is 2.09. The van der Waals surface area contributed by atoms with Gasteiger partial charge in [-0.3, -0.25) is 9.59 Å². The van der Waals surface area contributed by atoms with Gasteiger partial charge in [-0.1, -0.05) is 30.5 Å². The first-order chi connectivity index (χ1) is 10.0. The zero-order chi connectivity index (χ0) is 15.7. The molecule has 3 nitrogen and oxygen atoms in total. The molecule has 1 rings (SSSR count). The summed E-state index contributed by atoms with van der Waals surface area (Å²) in [5.41, 5.74) is 3.02. The van der Waals surface area contributed by atoms with Crippen LogP contribution < -0.4 is 0 Å². The summed E-state index contributed by atoms with van der Waals surface area (Å²) in [6, 6.07) is 6.00. The lowest BCUT2D eigenvalue weighted by Crippen LogP contribution is -2.04. The maximum atomic E-state index is 12.2. The SMILES string of the molecule is CCOC(=O)CCCCCCC(=O)c1cc(C)ccc1C. The molecule has 3 heteroatoms. The van der Waals surface area contributed by atoms with Crippen molar-refractivity contribution in [2.75, 3.05) is 6.61 Å². The van der Waals surface area contributed by atoms with Crippen LogP contribution in [0.1, 0.15) is 66.9 Å². The number of carbonyl (C=O) groups excluding carboxylic acids is 2. The molecule has 21 heavy (non-hydrogen) atoms. The van der Waals surface area contributed by atoms with E-state index in [9.17, 15) is 9.59 Å². The lowest BCUT2D eigenvalue weighted by molar-refractivity contribution is -0.143. The minimum Gasteiger partial charge on any atom is -0.466 e. The van der Waals surface area contributed by atoms with E-state index in [0.717, 1.165) is 42.4 Å². The fourth-order valence-corrected chi connectivity index (χ4v) is 2.31. The third-order valence-electron chi connectivity index (χ3n) is 3.53. The molecule has 0 fully saturated rings. The molecule has 0 N–H and O–H groups in total. The molecule has 0 saturated heterocycles. The summed E-state index contributed by atoms with van der Waals surface area (Å²) in [5, 5.41) is 0. The lowest BCUT2D eigenvalue weighted by atomic mass is 9.98. The standard InChI is InChI=1S/C18H26O3/c1-4-21-18(20)10-8-6-5-7-9-17(19)16-13-14(2)11-12-15(16)3/h11-13H,4-10H2,1-3H3. The fourth-order valence-electron chi connectivity index (χ4n) is 2.31. The van der Waals surface area contributed by atoms with Gasteiger partial charge < -0.3 is 4.74 Å². The van der Waals surface area contributed by atoms with Gasteiger partial charge in [0.05, 0.1) is 6.61 Å². The van der Waals surface area contributed by atoms with Crippen molar-refractivity contribution in [2.45, 2.75) is 59.3 Å². The summed E-state index contributed by atoms with van der Waals surface area (Å²) in [6.07, 6.45) is 4.75. The minimum atomic E-state index is -0.121. The molecule has 0 aromatic heterocycles. The smallest absolute Gasteiger partial charge is 0.305 e. The predicted molar refractivity (Wildman–Crippen MR) is 84.6 cm³/mol. The van der Waals surface area contributed by atoms with Crippen molar-refractivity contribution < 1.29 is 14.3 Å². The van der Waals surface area contributed by atoms with Gasteiger partial charge in [0.15, 0.2) is 5.78 Å². The Morgan fingerprint density at radius 1 is 1.00 bits per heavy atom. The Kier molecular flexibility index (Phi) is 7.73. The third kappa shape index (κ3) is 6.56. The van der Waals surface area contributed by atoms with Crippen molar-refractivity contribution in [3.8, 4) is 0 Å². The van der Waals surface area contributed by atoms with E-state index in [-0.39, 0.29) is 11.8 Å². The zero-order valence-electron chi connectivity index (χ0n) is 13.4. The number of hydrogen-bond acceptors (Lipinski definition) is 3. The van der Waals surface area contributed by atoms with Crippen LogP contribution >= 0.6 is 0 Å². The Morgan fingerprint density at radius 3 is 2.33 bits per heavy atom. The molecule has 1 aromatic rings. The predicted octanol–water partition coefficient (Wildman–Crippen LogP) is 4.39. The van der Waals surface area contributed by atoms with Crippen molar-refractivity contribution in [1.82, 2.24) is 0 Å². The molecule has 0 amide bonds. The number of esters is 1. The first-order valence-electron chi connectivity index (χ1n) is 7.80. The summed E-state index contributed by atoms with van der Waals surface area (Å²) in [6.45, 7) is 6.25. The first-order valence-corrected chi connectivity index (χ1v) is 7.80. The molecular weight excluding hydrogens is 264 g/mol. The molecule has 0 spiro atoms. The van der Waals surface area contributed by atoms with Crippen LogP contribution in [0.25, 0.3) is 0 Å². The molecule has 0 atom stereocenters. The van der Waals surface area contributed by atoms with Gasteiger partial charge in [0.25, 0.3) is 0 Å². The van der Waals surface area contributed by atoms with Crippen molar-refractivity contribution in [2.24, 2.45) is 0 Å². The van der Waals surface area contributed by atoms with E-state index in [0.29, 0.717) is 19.4 Å². The quantitative estimate of drug-likeness (QED) is 0.385. The molecule has 0 radical (unpaired) electrons. The Bertz CT molecular complexity index is 477. The topological polar surface area (TPSA) is 43.4 Å². The van der Waals surface area contributed by atoms with Gasteiger partial charge in [0, 0.05) is 18.4 Å². The van der Waals surface area contributed by atoms with Crippen LogP contribution in [0.15, 0.2) is 18.2 Å². The second-order valence-corrected chi connectivity index (χ2v) is 5.46. The Labute approximate surface area is 127 Å². The molecule has 0 aliphatic carbocycles. The second kappa shape index (κ2) is 9.32. The van der Waals surface area contributed by atoms with E-state index in [2.05, 4.69) is 0 Å². The number of aryl methyl sites for hydroxylation is 2. The summed E-state index contributed by atoms with van der Waals surface area (Å²) in [5.74, 6) is 0.102. The van der Waals surface area contributed by atoms with Crippen LogP contribution in [0.2, 0.25) is 0 Å². The molecule has 0 saturated carbocycles. The largest absolute Gasteiger partial charge is 0.466 e. The monoisotopic (exact) mass is 290 g/mol. The number of ketones is 1. The van der Waals surface area contributed by atoms with Crippen LogP contribution in [-0.2, 0) is 9.53 Å². The van der Waals surface area contributed by atoms with Crippen molar-refractivity contribution in [3.05, 3.63) is 34.9 Å². The summed E-state index contributed by atoms with van der Waals surface area (Å²) in [4.78, 5) is 23.3. The number of carbonyl (C=O) groups is 2. The molecule has 0 aliphatic rings. The lowest BCUT2D eigenvalue weighted by Gasteiger charge is -2.06. The third-order valence-corrected chi connectivity index (χ3v) is 3.53. The van der Waals surface area contributed by atoms with Crippen molar-refractivity contribution >= 4 is 11.8 Å². The molecule has 116 valence electrons. The number of hydrogen-bond donors (Lipinski definition) is 0. The summed E-state index contributed by atoms with van der Waals surface area (Å²) >= 11 is 0. The summed E-state index contributed by atoms with van der Waals surface area (Å²) in [7, 11) is 0. The second-order valence-electron chi connectivity index (χ2n) is 5.46. The normalized spacial score (nSPS) is 10.4. The molecular formula is C18H26O3. The number of Topliss-reactive ketones (excluding diaryl/α,β-unsaturated/α-hetero) is 1. The van der Waals surface area contributed by atoms with Crippen LogP contribution in [-0.4, -0.2) is 18.4 Å². The van der Waals surface area contributed by atoms with E-state index in [4.69, 9.17) is 4.74 Å². The van der Waals surface area contributed by atoms with Crippen LogP contribution in [0.4, 0.5) is 0 Å². The highest BCUT2D eigenvalue weighted by atomic mass is 16.5. The molecule has 1 aromatic carbocycles.